The fourth-order valence-electron chi connectivity index (χ4n) is 2.34. The summed E-state index contributed by atoms with van der Waals surface area (Å²) >= 11 is 0. The molecule has 0 aliphatic carbocycles. The highest BCUT2D eigenvalue weighted by Gasteiger charge is 2.13. The fourth-order valence-corrected chi connectivity index (χ4v) is 2.34. The highest BCUT2D eigenvalue weighted by molar-refractivity contribution is 5.76. The molecule has 2 aromatic rings. The summed E-state index contributed by atoms with van der Waals surface area (Å²) < 4.78 is 13.0. The molecule has 1 amide bonds. The largest absolute Gasteiger partial charge is 0.394 e. The quantitative estimate of drug-likeness (QED) is 0.825. The first-order valence-corrected chi connectivity index (χ1v) is 7.71. The summed E-state index contributed by atoms with van der Waals surface area (Å²) in [7, 11) is 0. The van der Waals surface area contributed by atoms with Crippen molar-refractivity contribution < 1.29 is 14.3 Å². The van der Waals surface area contributed by atoms with Crippen LogP contribution in [0.4, 0.5) is 4.39 Å². The molecule has 1 atom stereocenters. The Morgan fingerprint density at radius 1 is 1.26 bits per heavy atom. The van der Waals surface area contributed by atoms with Crippen molar-refractivity contribution >= 4 is 5.91 Å². The summed E-state index contributed by atoms with van der Waals surface area (Å²) in [6.45, 7) is 1.90. The SMILES string of the molecule is CCc1ccc(C(CO)NC(=O)CCc2cncc(F)c2)cc1. The maximum atomic E-state index is 13.0. The van der Waals surface area contributed by atoms with E-state index >= 15 is 0 Å². The van der Waals surface area contributed by atoms with Gasteiger partial charge >= 0.3 is 0 Å². The van der Waals surface area contributed by atoms with Gasteiger partial charge in [0, 0.05) is 12.6 Å². The molecule has 1 heterocycles. The minimum Gasteiger partial charge on any atom is -0.394 e. The van der Waals surface area contributed by atoms with E-state index in [1.807, 2.05) is 24.3 Å². The van der Waals surface area contributed by atoms with E-state index in [1.165, 1.54) is 11.6 Å². The number of hydrogen-bond donors (Lipinski definition) is 2. The lowest BCUT2D eigenvalue weighted by Gasteiger charge is -2.17. The lowest BCUT2D eigenvalue weighted by atomic mass is 10.0. The Kier molecular flexibility index (Phi) is 6.23. The Morgan fingerprint density at radius 3 is 2.61 bits per heavy atom. The molecule has 0 aliphatic heterocycles. The molecule has 0 fully saturated rings. The van der Waals surface area contributed by atoms with Crippen LogP contribution in [0.15, 0.2) is 42.7 Å². The Bertz CT molecular complexity index is 644. The number of carbonyl (C=O) groups excluding carboxylic acids is 1. The van der Waals surface area contributed by atoms with Crippen LogP contribution in [0.1, 0.15) is 36.1 Å². The van der Waals surface area contributed by atoms with Gasteiger partial charge in [-0.05, 0) is 35.6 Å². The Labute approximate surface area is 135 Å². The molecule has 23 heavy (non-hydrogen) atoms. The first kappa shape index (κ1) is 17.1. The molecule has 1 aromatic heterocycles. The van der Waals surface area contributed by atoms with Gasteiger partial charge in [0.15, 0.2) is 0 Å². The van der Waals surface area contributed by atoms with E-state index in [2.05, 4.69) is 17.2 Å². The number of halogens is 1. The number of nitrogens with zero attached hydrogens (tertiary/aromatic N) is 1. The molecule has 2 rings (SSSR count). The van der Waals surface area contributed by atoms with Gasteiger partial charge in [0.2, 0.25) is 5.91 Å². The average Bonchev–Trinajstić information content (AvgIpc) is 2.58. The number of aliphatic hydroxyl groups is 1. The van der Waals surface area contributed by atoms with Crippen LogP contribution >= 0.6 is 0 Å². The zero-order valence-electron chi connectivity index (χ0n) is 13.1. The molecule has 0 bridgehead atoms. The third-order valence-electron chi connectivity index (χ3n) is 3.71. The van der Waals surface area contributed by atoms with Crippen molar-refractivity contribution in [2.24, 2.45) is 0 Å². The van der Waals surface area contributed by atoms with Crippen molar-refractivity contribution in [3.8, 4) is 0 Å². The van der Waals surface area contributed by atoms with Crippen LogP contribution in [-0.4, -0.2) is 22.6 Å². The van der Waals surface area contributed by atoms with Crippen LogP contribution in [0.25, 0.3) is 0 Å². The third kappa shape index (κ3) is 5.14. The maximum Gasteiger partial charge on any atom is 0.220 e. The van der Waals surface area contributed by atoms with E-state index < -0.39 is 11.9 Å². The average molecular weight is 316 g/mol. The topological polar surface area (TPSA) is 62.2 Å². The molecule has 0 aliphatic rings. The maximum absolute atomic E-state index is 13.0. The predicted octanol–water partition coefficient (Wildman–Crippen LogP) is 2.57. The van der Waals surface area contributed by atoms with Gasteiger partial charge in [-0.1, -0.05) is 31.2 Å². The zero-order valence-corrected chi connectivity index (χ0v) is 13.1. The fraction of sp³-hybridized carbons (Fsp3) is 0.333. The number of aromatic nitrogens is 1. The van der Waals surface area contributed by atoms with Crippen LogP contribution in [0.3, 0.4) is 0 Å². The van der Waals surface area contributed by atoms with E-state index in [1.54, 1.807) is 6.20 Å². The highest BCUT2D eigenvalue weighted by atomic mass is 19.1. The van der Waals surface area contributed by atoms with Crippen molar-refractivity contribution in [2.45, 2.75) is 32.2 Å². The van der Waals surface area contributed by atoms with Crippen LogP contribution in [0.2, 0.25) is 0 Å². The standard InChI is InChI=1S/C18H21FN2O2/c1-2-13-3-6-15(7-4-13)17(12-22)21-18(23)8-5-14-9-16(19)11-20-10-14/h3-4,6-7,9-11,17,22H,2,5,8,12H2,1H3,(H,21,23). The summed E-state index contributed by atoms with van der Waals surface area (Å²) in [5.74, 6) is -0.597. The summed E-state index contributed by atoms with van der Waals surface area (Å²) in [4.78, 5) is 15.8. The number of rotatable bonds is 7. The minimum absolute atomic E-state index is 0.168. The van der Waals surface area contributed by atoms with Gasteiger partial charge in [0.05, 0.1) is 18.8 Å². The number of benzene rings is 1. The molecule has 1 unspecified atom stereocenters. The highest BCUT2D eigenvalue weighted by Crippen LogP contribution is 2.14. The van der Waals surface area contributed by atoms with Gasteiger partial charge in [-0.2, -0.15) is 0 Å². The van der Waals surface area contributed by atoms with Crippen LogP contribution in [-0.2, 0) is 17.6 Å². The number of aryl methyl sites for hydroxylation is 2. The number of pyridine rings is 1. The lowest BCUT2D eigenvalue weighted by Crippen LogP contribution is -2.30. The molecule has 122 valence electrons. The number of carbonyl (C=O) groups is 1. The second kappa shape index (κ2) is 8.39. The van der Waals surface area contributed by atoms with Crippen molar-refractivity contribution in [2.75, 3.05) is 6.61 Å². The number of hydrogen-bond acceptors (Lipinski definition) is 3. The van der Waals surface area contributed by atoms with E-state index in [-0.39, 0.29) is 18.9 Å². The molecule has 0 saturated heterocycles. The minimum atomic E-state index is -0.431. The van der Waals surface area contributed by atoms with E-state index in [0.29, 0.717) is 12.0 Å². The monoisotopic (exact) mass is 316 g/mol. The molecule has 2 N–H and O–H groups in total. The normalized spacial score (nSPS) is 12.0. The molecular formula is C18H21FN2O2. The summed E-state index contributed by atoms with van der Waals surface area (Å²) in [5.41, 5.74) is 2.74. The smallest absolute Gasteiger partial charge is 0.220 e. The van der Waals surface area contributed by atoms with Gasteiger partial charge in [-0.3, -0.25) is 9.78 Å². The zero-order chi connectivity index (χ0) is 16.7. The molecule has 1 aromatic carbocycles. The first-order valence-electron chi connectivity index (χ1n) is 7.71. The molecule has 4 nitrogen and oxygen atoms in total. The van der Waals surface area contributed by atoms with Crippen molar-refractivity contribution in [1.82, 2.24) is 10.3 Å². The second-order valence-electron chi connectivity index (χ2n) is 5.41. The number of aliphatic hydroxyl groups excluding tert-OH is 1. The summed E-state index contributed by atoms with van der Waals surface area (Å²) in [6, 6.07) is 8.74. The van der Waals surface area contributed by atoms with Crippen molar-refractivity contribution in [3.05, 3.63) is 65.2 Å². The molecule has 0 saturated carbocycles. The van der Waals surface area contributed by atoms with Gasteiger partial charge in [0.25, 0.3) is 0 Å². The van der Waals surface area contributed by atoms with Gasteiger partial charge < -0.3 is 10.4 Å². The molecule has 5 heteroatoms. The van der Waals surface area contributed by atoms with Crippen molar-refractivity contribution in [1.29, 1.82) is 0 Å². The van der Waals surface area contributed by atoms with E-state index in [0.717, 1.165) is 18.2 Å². The molecule has 0 spiro atoms. The van der Waals surface area contributed by atoms with E-state index in [4.69, 9.17) is 0 Å². The lowest BCUT2D eigenvalue weighted by molar-refractivity contribution is -0.122. The van der Waals surface area contributed by atoms with Gasteiger partial charge in [-0.25, -0.2) is 4.39 Å². The summed E-state index contributed by atoms with van der Waals surface area (Å²) in [6.07, 6.45) is 4.24. The van der Waals surface area contributed by atoms with Gasteiger partial charge in [0.1, 0.15) is 5.82 Å². The first-order chi connectivity index (χ1) is 11.1. The molecule has 0 radical (unpaired) electrons. The Hall–Kier alpha value is -2.27. The Morgan fingerprint density at radius 2 is 2.00 bits per heavy atom. The number of amides is 1. The second-order valence-corrected chi connectivity index (χ2v) is 5.41. The van der Waals surface area contributed by atoms with Gasteiger partial charge in [-0.15, -0.1) is 0 Å². The Balaban J connectivity index is 1.91. The van der Waals surface area contributed by atoms with Crippen molar-refractivity contribution in [3.63, 3.8) is 0 Å². The number of nitrogens with one attached hydrogen (secondary N) is 1. The van der Waals surface area contributed by atoms with E-state index in [9.17, 15) is 14.3 Å². The summed E-state index contributed by atoms with van der Waals surface area (Å²) in [5, 5.41) is 12.3. The van der Waals surface area contributed by atoms with Crippen LogP contribution < -0.4 is 5.32 Å². The van der Waals surface area contributed by atoms with Crippen LogP contribution in [0, 0.1) is 5.82 Å². The van der Waals surface area contributed by atoms with Crippen LogP contribution in [0.5, 0.6) is 0 Å². The molecular weight excluding hydrogens is 295 g/mol. The third-order valence-corrected chi connectivity index (χ3v) is 3.71. The predicted molar refractivity (Wildman–Crippen MR) is 86.3 cm³/mol.